The van der Waals surface area contributed by atoms with Crippen molar-refractivity contribution < 1.29 is 18.9 Å². The molecule has 3 rings (SSSR count). The van der Waals surface area contributed by atoms with Gasteiger partial charge in [0.2, 0.25) is 5.75 Å². The van der Waals surface area contributed by atoms with Crippen LogP contribution in [0.1, 0.15) is 0 Å². The summed E-state index contributed by atoms with van der Waals surface area (Å²) in [6, 6.07) is 9.10. The zero-order valence-electron chi connectivity index (χ0n) is 15.4. The van der Waals surface area contributed by atoms with E-state index in [1.165, 1.54) is 0 Å². The van der Waals surface area contributed by atoms with Gasteiger partial charge in [-0.15, -0.1) is 17.5 Å². The van der Waals surface area contributed by atoms with Gasteiger partial charge in [0.25, 0.3) is 0 Å². The van der Waals surface area contributed by atoms with Crippen molar-refractivity contribution in [2.45, 2.75) is 0 Å². The number of rotatable bonds is 6. The van der Waals surface area contributed by atoms with Crippen molar-refractivity contribution in [3.8, 4) is 39.9 Å². The van der Waals surface area contributed by atoms with Gasteiger partial charge < -0.3 is 24.7 Å². The summed E-state index contributed by atoms with van der Waals surface area (Å²) >= 11 is 0. The molecule has 0 bridgehead atoms. The Balaban J connectivity index is 0.00000261. The largest absolute Gasteiger partial charge is 0.495 e. The fourth-order valence-corrected chi connectivity index (χ4v) is 2.71. The van der Waals surface area contributed by atoms with Crippen molar-refractivity contribution in [1.29, 1.82) is 0 Å². The van der Waals surface area contributed by atoms with Gasteiger partial charge in [0.05, 0.1) is 51.7 Å². The summed E-state index contributed by atoms with van der Waals surface area (Å²) < 4.78 is 23.1. The highest BCUT2D eigenvalue weighted by Gasteiger charge is 2.17. The monoisotopic (exact) mass is 392 g/mol. The van der Waals surface area contributed by atoms with Crippen LogP contribution in [0.25, 0.3) is 16.9 Å². The number of methoxy groups -OCH3 is 4. The van der Waals surface area contributed by atoms with Crippen molar-refractivity contribution in [2.75, 3.05) is 34.2 Å². The lowest BCUT2D eigenvalue weighted by Crippen LogP contribution is -2.03. The smallest absolute Gasteiger partial charge is 0.203 e. The van der Waals surface area contributed by atoms with Gasteiger partial charge in [-0.1, -0.05) is 5.21 Å². The average molecular weight is 393 g/mol. The van der Waals surface area contributed by atoms with Gasteiger partial charge in [-0.3, -0.25) is 0 Å². The standard InChI is InChI=1S/C18H20N4O4.ClH/c1-23-15-6-5-11(7-13(15)19)14-10-20-21-22(14)12-8-16(24-2)18(26-4)17(9-12)25-3;/h5-10H,19H2,1-4H3;1H. The first-order valence-electron chi connectivity index (χ1n) is 7.77. The molecule has 1 heterocycles. The van der Waals surface area contributed by atoms with E-state index in [9.17, 15) is 0 Å². The lowest BCUT2D eigenvalue weighted by Gasteiger charge is -2.15. The van der Waals surface area contributed by atoms with Crippen molar-refractivity contribution in [3.05, 3.63) is 36.5 Å². The molecule has 144 valence electrons. The zero-order chi connectivity index (χ0) is 18.7. The fourth-order valence-electron chi connectivity index (χ4n) is 2.71. The quantitative estimate of drug-likeness (QED) is 0.644. The summed E-state index contributed by atoms with van der Waals surface area (Å²) in [6.45, 7) is 0. The molecule has 9 heteroatoms. The van der Waals surface area contributed by atoms with Gasteiger partial charge in [0.15, 0.2) is 11.5 Å². The Morgan fingerprint density at radius 1 is 0.852 bits per heavy atom. The first kappa shape index (κ1) is 20.2. The summed E-state index contributed by atoms with van der Waals surface area (Å²) in [4.78, 5) is 0. The van der Waals surface area contributed by atoms with Gasteiger partial charge in [-0.2, -0.15) is 0 Å². The molecular formula is C18H21ClN4O4. The van der Waals surface area contributed by atoms with E-state index in [4.69, 9.17) is 24.7 Å². The Bertz CT molecular complexity index is 904. The fraction of sp³-hybridized carbons (Fsp3) is 0.222. The van der Waals surface area contributed by atoms with Crippen LogP contribution in [0, 0.1) is 0 Å². The van der Waals surface area contributed by atoms with Crippen molar-refractivity contribution in [3.63, 3.8) is 0 Å². The number of hydrogen-bond acceptors (Lipinski definition) is 7. The number of nitrogen functional groups attached to an aromatic ring is 1. The molecule has 0 spiro atoms. The number of hydrogen-bond donors (Lipinski definition) is 1. The third kappa shape index (κ3) is 3.70. The van der Waals surface area contributed by atoms with Crippen LogP contribution in [0.3, 0.4) is 0 Å². The predicted molar refractivity (Wildman–Crippen MR) is 105 cm³/mol. The van der Waals surface area contributed by atoms with Gasteiger partial charge >= 0.3 is 0 Å². The second-order valence-corrected chi connectivity index (χ2v) is 5.37. The van der Waals surface area contributed by atoms with Crippen molar-refractivity contribution in [1.82, 2.24) is 15.0 Å². The maximum absolute atomic E-state index is 6.02. The van der Waals surface area contributed by atoms with E-state index >= 15 is 0 Å². The molecule has 0 fully saturated rings. The Kier molecular flexibility index (Phi) is 6.36. The molecular weight excluding hydrogens is 372 g/mol. The van der Waals surface area contributed by atoms with Gasteiger partial charge in [-0.25, -0.2) is 4.68 Å². The third-order valence-electron chi connectivity index (χ3n) is 3.97. The minimum Gasteiger partial charge on any atom is -0.495 e. The molecule has 8 nitrogen and oxygen atoms in total. The number of nitrogens with two attached hydrogens (primary N) is 1. The van der Waals surface area contributed by atoms with E-state index in [1.54, 1.807) is 57.5 Å². The first-order valence-corrected chi connectivity index (χ1v) is 7.77. The summed E-state index contributed by atoms with van der Waals surface area (Å²) in [5.41, 5.74) is 8.87. The molecule has 27 heavy (non-hydrogen) atoms. The molecule has 2 aromatic carbocycles. The molecule has 0 amide bonds. The minimum absolute atomic E-state index is 0. The lowest BCUT2D eigenvalue weighted by molar-refractivity contribution is 0.324. The van der Waals surface area contributed by atoms with Crippen LogP contribution in [0.2, 0.25) is 0 Å². The summed E-state index contributed by atoms with van der Waals surface area (Å²) in [6.07, 6.45) is 1.66. The molecule has 1 aromatic heterocycles. The molecule has 0 saturated carbocycles. The van der Waals surface area contributed by atoms with Crippen LogP contribution in [-0.4, -0.2) is 43.4 Å². The zero-order valence-corrected chi connectivity index (χ0v) is 16.2. The van der Waals surface area contributed by atoms with Crippen LogP contribution < -0.4 is 24.7 Å². The Morgan fingerprint density at radius 3 is 2.00 bits per heavy atom. The van der Waals surface area contributed by atoms with E-state index in [0.29, 0.717) is 34.4 Å². The Labute approximate surface area is 163 Å². The highest BCUT2D eigenvalue weighted by atomic mass is 35.5. The molecule has 0 aliphatic carbocycles. The van der Waals surface area contributed by atoms with E-state index in [1.807, 2.05) is 12.1 Å². The second kappa shape index (κ2) is 8.50. The topological polar surface area (TPSA) is 93.7 Å². The first-order chi connectivity index (χ1) is 12.6. The van der Waals surface area contributed by atoms with E-state index in [0.717, 1.165) is 11.3 Å². The number of aromatic nitrogens is 3. The Hall–Kier alpha value is -3.13. The highest BCUT2D eigenvalue weighted by molar-refractivity contribution is 5.85. The minimum atomic E-state index is 0. The van der Waals surface area contributed by atoms with E-state index in [2.05, 4.69) is 10.3 Å². The molecule has 0 unspecified atom stereocenters. The maximum atomic E-state index is 6.02. The third-order valence-corrected chi connectivity index (χ3v) is 3.97. The van der Waals surface area contributed by atoms with Gasteiger partial charge in [0.1, 0.15) is 5.75 Å². The van der Waals surface area contributed by atoms with Gasteiger partial charge in [-0.05, 0) is 18.2 Å². The van der Waals surface area contributed by atoms with Crippen molar-refractivity contribution in [2.24, 2.45) is 0 Å². The van der Waals surface area contributed by atoms with Crippen LogP contribution >= 0.6 is 12.4 Å². The molecule has 2 N–H and O–H groups in total. The van der Waals surface area contributed by atoms with Crippen molar-refractivity contribution >= 4 is 18.1 Å². The SMILES string of the molecule is COc1ccc(-c2cnnn2-c2cc(OC)c(OC)c(OC)c2)cc1N.Cl. The Morgan fingerprint density at radius 2 is 1.48 bits per heavy atom. The normalized spacial score (nSPS) is 10.1. The number of nitrogens with zero attached hydrogens (tertiary/aromatic N) is 3. The lowest BCUT2D eigenvalue weighted by atomic mass is 10.1. The average Bonchev–Trinajstić information content (AvgIpc) is 3.16. The molecule has 0 atom stereocenters. The summed E-state index contributed by atoms with van der Waals surface area (Å²) in [7, 11) is 6.26. The van der Waals surface area contributed by atoms with E-state index < -0.39 is 0 Å². The second-order valence-electron chi connectivity index (χ2n) is 5.37. The maximum Gasteiger partial charge on any atom is 0.203 e. The predicted octanol–water partition coefficient (Wildman–Crippen LogP) is 2.97. The number of halogens is 1. The van der Waals surface area contributed by atoms with Crippen LogP contribution in [0.5, 0.6) is 23.0 Å². The molecule has 0 aliphatic rings. The van der Waals surface area contributed by atoms with Crippen LogP contribution in [0.4, 0.5) is 5.69 Å². The summed E-state index contributed by atoms with van der Waals surface area (Å²) in [5, 5.41) is 8.21. The summed E-state index contributed by atoms with van der Waals surface area (Å²) in [5.74, 6) is 2.17. The number of anilines is 1. The molecule has 0 radical (unpaired) electrons. The molecule has 0 aliphatic heterocycles. The van der Waals surface area contributed by atoms with E-state index in [-0.39, 0.29) is 12.4 Å². The molecule has 3 aromatic rings. The highest BCUT2D eigenvalue weighted by Crippen LogP contribution is 2.40. The van der Waals surface area contributed by atoms with Crippen LogP contribution in [-0.2, 0) is 0 Å². The number of ether oxygens (including phenoxy) is 4. The molecule has 0 saturated heterocycles. The number of benzene rings is 2. The van der Waals surface area contributed by atoms with Crippen LogP contribution in [0.15, 0.2) is 36.5 Å². The van der Waals surface area contributed by atoms with Gasteiger partial charge in [0, 0.05) is 17.7 Å².